The third-order valence-electron chi connectivity index (χ3n) is 2.32. The fourth-order valence-electron chi connectivity index (χ4n) is 1.48. The predicted octanol–water partition coefficient (Wildman–Crippen LogP) is 3.75. The SMILES string of the molecule is CC(C)Oc1ccc([N+](C)(C)C)cc1[CH]=[Ru]([Cl])[Cl]. The molecule has 5 heteroatoms. The summed E-state index contributed by atoms with van der Waals surface area (Å²) in [5, 5.41) is 0. The first-order valence-corrected chi connectivity index (χ1v) is 11.1. The zero-order chi connectivity index (χ0) is 13.9. The second-order valence-electron chi connectivity index (χ2n) is 5.21. The molecule has 0 saturated heterocycles. The summed E-state index contributed by atoms with van der Waals surface area (Å²) < 4.78 is 8.47. The second kappa shape index (κ2) is 6.47. The summed E-state index contributed by atoms with van der Waals surface area (Å²) in [6, 6.07) is 6.17. The van der Waals surface area contributed by atoms with Gasteiger partial charge in [0.15, 0.2) is 0 Å². The van der Waals surface area contributed by atoms with Crippen LogP contribution in [0.25, 0.3) is 0 Å². The quantitative estimate of drug-likeness (QED) is 0.573. The van der Waals surface area contributed by atoms with Gasteiger partial charge in [0.1, 0.15) is 0 Å². The van der Waals surface area contributed by atoms with Gasteiger partial charge in [-0.3, -0.25) is 0 Å². The van der Waals surface area contributed by atoms with Crippen LogP contribution in [0.1, 0.15) is 19.4 Å². The summed E-state index contributed by atoms with van der Waals surface area (Å²) in [7, 11) is 18.3. The van der Waals surface area contributed by atoms with Crippen LogP contribution in [0.4, 0.5) is 5.69 Å². The molecule has 0 aliphatic rings. The van der Waals surface area contributed by atoms with Gasteiger partial charge < -0.3 is 0 Å². The molecule has 0 amide bonds. The Bertz CT molecular complexity index is 449. The van der Waals surface area contributed by atoms with E-state index in [9.17, 15) is 0 Å². The number of quaternary nitrogens is 1. The van der Waals surface area contributed by atoms with E-state index in [0.717, 1.165) is 15.8 Å². The summed E-state index contributed by atoms with van der Waals surface area (Å²) in [6.45, 7) is 4.02. The van der Waals surface area contributed by atoms with Gasteiger partial charge in [0.25, 0.3) is 0 Å². The van der Waals surface area contributed by atoms with Crippen molar-refractivity contribution in [1.82, 2.24) is 4.48 Å². The molecule has 0 aliphatic heterocycles. The van der Waals surface area contributed by atoms with Crippen LogP contribution in [0.5, 0.6) is 5.75 Å². The molecule has 0 unspecified atom stereocenters. The topological polar surface area (TPSA) is 9.23 Å². The minimum absolute atomic E-state index is 0.137. The van der Waals surface area contributed by atoms with Gasteiger partial charge in [0, 0.05) is 0 Å². The Labute approximate surface area is 123 Å². The van der Waals surface area contributed by atoms with Crippen molar-refractivity contribution in [2.75, 3.05) is 21.1 Å². The van der Waals surface area contributed by atoms with Crippen molar-refractivity contribution >= 4 is 29.7 Å². The molecule has 0 aromatic heterocycles. The molecule has 18 heavy (non-hydrogen) atoms. The van der Waals surface area contributed by atoms with Gasteiger partial charge >= 0.3 is 123 Å². The third-order valence-corrected chi connectivity index (χ3v) is 4.15. The molecule has 0 fully saturated rings. The Morgan fingerprint density at radius 3 is 2.28 bits per heavy atom. The van der Waals surface area contributed by atoms with E-state index in [1.807, 2.05) is 24.5 Å². The summed E-state index contributed by atoms with van der Waals surface area (Å²) in [6.07, 6.45) is 0.137. The zero-order valence-corrected chi connectivity index (χ0v) is 14.6. The van der Waals surface area contributed by atoms with Crippen LogP contribution in [-0.4, -0.2) is 31.9 Å². The molecule has 0 aliphatic carbocycles. The van der Waals surface area contributed by atoms with Crippen molar-refractivity contribution in [1.29, 1.82) is 0 Å². The number of benzene rings is 1. The predicted molar refractivity (Wildman–Crippen MR) is 78.6 cm³/mol. The van der Waals surface area contributed by atoms with Crippen molar-refractivity contribution in [3.05, 3.63) is 23.8 Å². The van der Waals surface area contributed by atoms with Crippen molar-refractivity contribution in [2.24, 2.45) is 0 Å². The van der Waals surface area contributed by atoms with Crippen molar-refractivity contribution in [2.45, 2.75) is 20.0 Å². The van der Waals surface area contributed by atoms with Crippen molar-refractivity contribution in [3.63, 3.8) is 0 Å². The molecule has 2 nitrogen and oxygen atoms in total. The summed E-state index contributed by atoms with van der Waals surface area (Å²) in [5.41, 5.74) is 2.19. The minimum atomic E-state index is -1.85. The number of rotatable bonds is 4. The fraction of sp³-hybridized carbons (Fsp3) is 0.462. The third kappa shape index (κ3) is 4.97. The average molecular weight is 378 g/mol. The normalized spacial score (nSPS) is 12.6. The summed E-state index contributed by atoms with van der Waals surface area (Å²) in [4.78, 5) is 0. The molecule has 0 heterocycles. The van der Waals surface area contributed by atoms with Gasteiger partial charge in [-0.25, -0.2) is 0 Å². The zero-order valence-electron chi connectivity index (χ0n) is 11.4. The molecule has 0 radical (unpaired) electrons. The number of nitrogens with zero attached hydrogens (tertiary/aromatic N) is 1. The molecule has 0 bridgehead atoms. The van der Waals surface area contributed by atoms with Crippen LogP contribution in [-0.2, 0) is 13.5 Å². The van der Waals surface area contributed by atoms with Crippen LogP contribution in [0, 0.1) is 0 Å². The fourth-order valence-corrected chi connectivity index (χ4v) is 3.26. The standard InChI is InChI=1S/C13H20NO.2ClH.Ru/c1-10(2)15-13-8-7-12(9-11(13)3)14(4,5)6;;;/h3,7-10H,1-2,4-6H3;2*1H;/q+1;;;+2/p-2. The number of hydrogen-bond acceptors (Lipinski definition) is 1. The van der Waals surface area contributed by atoms with Crippen LogP contribution in [0.3, 0.4) is 0 Å². The van der Waals surface area contributed by atoms with E-state index in [1.54, 1.807) is 0 Å². The molecular formula is C13H20Cl2NORu+. The van der Waals surface area contributed by atoms with E-state index in [2.05, 4.69) is 33.3 Å². The molecule has 0 atom stereocenters. The summed E-state index contributed by atoms with van der Waals surface area (Å²) >= 11 is -1.85. The maximum absolute atomic E-state index is 5.98. The molecule has 104 valence electrons. The van der Waals surface area contributed by atoms with Crippen LogP contribution in [0.15, 0.2) is 18.2 Å². The van der Waals surface area contributed by atoms with Gasteiger partial charge in [0.05, 0.1) is 0 Å². The van der Waals surface area contributed by atoms with E-state index in [-0.39, 0.29) is 6.10 Å². The van der Waals surface area contributed by atoms with E-state index >= 15 is 0 Å². The van der Waals surface area contributed by atoms with E-state index in [4.69, 9.17) is 24.1 Å². The Morgan fingerprint density at radius 1 is 1.22 bits per heavy atom. The molecule has 1 aromatic rings. The second-order valence-corrected chi connectivity index (χ2v) is 10.9. The molecule has 0 saturated carbocycles. The van der Waals surface area contributed by atoms with E-state index in [1.165, 1.54) is 5.69 Å². The first kappa shape index (κ1) is 16.1. The molecule has 0 spiro atoms. The molecule has 1 aromatic carbocycles. The Kier molecular flexibility index (Phi) is 5.79. The molecule has 1 rings (SSSR count). The van der Waals surface area contributed by atoms with Crippen molar-refractivity contribution in [3.8, 4) is 5.75 Å². The van der Waals surface area contributed by atoms with Gasteiger partial charge in [-0.05, 0) is 0 Å². The molecule has 0 N–H and O–H groups in total. The number of ether oxygens (including phenoxy) is 1. The van der Waals surface area contributed by atoms with Gasteiger partial charge in [-0.1, -0.05) is 0 Å². The van der Waals surface area contributed by atoms with E-state index < -0.39 is 13.5 Å². The summed E-state index contributed by atoms with van der Waals surface area (Å²) in [5.74, 6) is 0.849. The maximum atomic E-state index is 5.98. The Balaban J connectivity index is 3.25. The van der Waals surface area contributed by atoms with Crippen molar-refractivity contribution < 1.29 is 18.3 Å². The van der Waals surface area contributed by atoms with Gasteiger partial charge in [-0.2, -0.15) is 0 Å². The van der Waals surface area contributed by atoms with Crippen LogP contribution in [0.2, 0.25) is 0 Å². The monoisotopic (exact) mass is 378 g/mol. The van der Waals surface area contributed by atoms with Crippen LogP contribution < -0.4 is 9.22 Å². The first-order valence-electron chi connectivity index (χ1n) is 5.66. The Morgan fingerprint density at radius 2 is 1.83 bits per heavy atom. The Hall–Kier alpha value is 0.0534. The number of hydrogen-bond donors (Lipinski definition) is 0. The van der Waals surface area contributed by atoms with E-state index in [0.29, 0.717) is 0 Å². The number of halogens is 2. The van der Waals surface area contributed by atoms with Gasteiger partial charge in [-0.15, -0.1) is 0 Å². The molecular weight excluding hydrogens is 358 g/mol. The van der Waals surface area contributed by atoms with Gasteiger partial charge in [0.2, 0.25) is 0 Å². The van der Waals surface area contributed by atoms with Crippen LogP contribution >= 0.6 is 19.4 Å². The average Bonchev–Trinajstić information content (AvgIpc) is 2.17. The first-order chi connectivity index (χ1) is 8.20.